The molecule has 0 bridgehead atoms. The van der Waals surface area contributed by atoms with E-state index >= 15 is 0 Å². The van der Waals surface area contributed by atoms with Crippen LogP contribution in [-0.4, -0.2) is 32.2 Å². The van der Waals surface area contributed by atoms with E-state index in [1.54, 1.807) is 13.0 Å². The van der Waals surface area contributed by atoms with Crippen molar-refractivity contribution in [2.24, 2.45) is 5.92 Å². The van der Waals surface area contributed by atoms with Crippen LogP contribution in [0.15, 0.2) is 31.1 Å². The number of nitrogens with zero attached hydrogens (tertiary/aromatic N) is 5. The Labute approximate surface area is 167 Å². The summed E-state index contributed by atoms with van der Waals surface area (Å²) in [6, 6.07) is 2.16. The molecule has 0 N–H and O–H groups in total. The number of benzene rings is 1. The smallest absolute Gasteiger partial charge is 0.255 e. The van der Waals surface area contributed by atoms with Crippen molar-refractivity contribution in [2.75, 3.05) is 11.4 Å². The van der Waals surface area contributed by atoms with Gasteiger partial charge in [0, 0.05) is 24.2 Å². The van der Waals surface area contributed by atoms with Crippen LogP contribution in [0.3, 0.4) is 0 Å². The van der Waals surface area contributed by atoms with E-state index in [4.69, 9.17) is 11.6 Å². The monoisotopic (exact) mass is 405 g/mol. The molecule has 2 aromatic heterocycles. The summed E-state index contributed by atoms with van der Waals surface area (Å²) in [7, 11) is 0. The van der Waals surface area contributed by atoms with Gasteiger partial charge in [-0.05, 0) is 31.4 Å². The standard InChI is InChI=1S/C20H22ClF2N5/c1-6-7-27(13(5)11(2)3)19-17(16-12(4)8-14(22)9-15(16)23)18(21)26-20-24-10-25-28(19)20/h6,8-11,13H,1,7H2,2-5H3/t13-/m0/s1. The Hall–Kier alpha value is -2.54. The minimum absolute atomic E-state index is 0.0476. The molecule has 28 heavy (non-hydrogen) atoms. The quantitative estimate of drug-likeness (QED) is 0.424. The van der Waals surface area contributed by atoms with E-state index in [1.165, 1.54) is 16.9 Å². The van der Waals surface area contributed by atoms with Crippen molar-refractivity contribution in [1.29, 1.82) is 0 Å². The largest absolute Gasteiger partial charge is 0.349 e. The third-order valence-corrected chi connectivity index (χ3v) is 5.19. The average Bonchev–Trinajstić information content (AvgIpc) is 3.06. The summed E-state index contributed by atoms with van der Waals surface area (Å²) in [5, 5.41) is 4.36. The summed E-state index contributed by atoms with van der Waals surface area (Å²) in [4.78, 5) is 10.4. The average molecular weight is 406 g/mol. The molecule has 0 unspecified atom stereocenters. The minimum Gasteiger partial charge on any atom is -0.349 e. The lowest BCUT2D eigenvalue weighted by atomic mass is 9.99. The fraction of sp³-hybridized carbons (Fsp3) is 0.350. The van der Waals surface area contributed by atoms with Gasteiger partial charge >= 0.3 is 0 Å². The molecule has 1 atom stereocenters. The van der Waals surface area contributed by atoms with Crippen LogP contribution in [0.1, 0.15) is 26.3 Å². The summed E-state index contributed by atoms with van der Waals surface area (Å²) in [5.41, 5.74) is 0.956. The molecule has 0 spiro atoms. The van der Waals surface area contributed by atoms with Crippen LogP contribution in [0.25, 0.3) is 16.9 Å². The van der Waals surface area contributed by atoms with Crippen LogP contribution in [0, 0.1) is 24.5 Å². The van der Waals surface area contributed by atoms with E-state index in [0.717, 1.165) is 6.07 Å². The molecule has 3 rings (SSSR count). The van der Waals surface area contributed by atoms with Crippen LogP contribution in [0.5, 0.6) is 0 Å². The van der Waals surface area contributed by atoms with E-state index in [-0.39, 0.29) is 22.7 Å². The fourth-order valence-electron chi connectivity index (χ4n) is 3.25. The number of hydrogen-bond donors (Lipinski definition) is 0. The Morgan fingerprint density at radius 2 is 1.96 bits per heavy atom. The number of halogens is 3. The number of aryl methyl sites for hydroxylation is 1. The summed E-state index contributed by atoms with van der Waals surface area (Å²) in [6.45, 7) is 12.2. The van der Waals surface area contributed by atoms with E-state index in [1.807, 2.05) is 4.90 Å². The maximum Gasteiger partial charge on any atom is 0.255 e. The SMILES string of the molecule is C=CCN(c1c(-c2c(C)cc(F)cc2F)c(Cl)nc2ncnn12)[C@@H](C)C(C)C. The molecule has 0 aliphatic carbocycles. The van der Waals surface area contributed by atoms with Crippen molar-refractivity contribution in [3.63, 3.8) is 0 Å². The second-order valence-corrected chi connectivity index (χ2v) is 7.44. The Morgan fingerprint density at radius 3 is 2.57 bits per heavy atom. The van der Waals surface area contributed by atoms with Gasteiger partial charge in [0.25, 0.3) is 5.78 Å². The van der Waals surface area contributed by atoms with Gasteiger partial charge in [0.2, 0.25) is 0 Å². The third kappa shape index (κ3) is 3.46. The molecule has 0 saturated heterocycles. The zero-order valence-corrected chi connectivity index (χ0v) is 17.0. The fourth-order valence-corrected chi connectivity index (χ4v) is 3.50. The first-order chi connectivity index (χ1) is 13.3. The Morgan fingerprint density at radius 1 is 1.25 bits per heavy atom. The van der Waals surface area contributed by atoms with Gasteiger partial charge in [-0.2, -0.15) is 19.6 Å². The summed E-state index contributed by atoms with van der Waals surface area (Å²) >= 11 is 6.51. The molecule has 2 heterocycles. The summed E-state index contributed by atoms with van der Waals surface area (Å²) in [5.74, 6) is -0.240. The molecule has 8 heteroatoms. The predicted molar refractivity (Wildman–Crippen MR) is 108 cm³/mol. The Kier molecular flexibility index (Phi) is 5.65. The number of hydrogen-bond acceptors (Lipinski definition) is 4. The van der Waals surface area contributed by atoms with Crippen molar-refractivity contribution in [3.05, 3.63) is 53.5 Å². The first-order valence-corrected chi connectivity index (χ1v) is 9.36. The lowest BCUT2D eigenvalue weighted by Gasteiger charge is -2.34. The van der Waals surface area contributed by atoms with Crippen molar-refractivity contribution in [1.82, 2.24) is 19.6 Å². The molecule has 0 aliphatic heterocycles. The lowest BCUT2D eigenvalue weighted by Crippen LogP contribution is -2.39. The van der Waals surface area contributed by atoms with Gasteiger partial charge in [-0.1, -0.05) is 31.5 Å². The van der Waals surface area contributed by atoms with E-state index in [2.05, 4.69) is 42.4 Å². The van der Waals surface area contributed by atoms with Crippen LogP contribution < -0.4 is 4.90 Å². The number of aromatic nitrogens is 4. The molecule has 0 aliphatic rings. The summed E-state index contributed by atoms with van der Waals surface area (Å²) in [6.07, 6.45) is 3.12. The maximum absolute atomic E-state index is 14.9. The first kappa shape index (κ1) is 20.2. The second kappa shape index (κ2) is 7.83. The van der Waals surface area contributed by atoms with Crippen LogP contribution >= 0.6 is 11.6 Å². The molecule has 3 aromatic rings. The Bertz CT molecular complexity index is 1010. The van der Waals surface area contributed by atoms with Gasteiger partial charge in [0.05, 0.1) is 5.56 Å². The van der Waals surface area contributed by atoms with Gasteiger partial charge in [-0.25, -0.2) is 8.78 Å². The first-order valence-electron chi connectivity index (χ1n) is 8.99. The number of anilines is 1. The summed E-state index contributed by atoms with van der Waals surface area (Å²) < 4.78 is 30.1. The molecule has 0 radical (unpaired) electrons. The lowest BCUT2D eigenvalue weighted by molar-refractivity contribution is 0.489. The second-order valence-electron chi connectivity index (χ2n) is 7.08. The topological polar surface area (TPSA) is 46.3 Å². The van der Waals surface area contributed by atoms with Gasteiger partial charge in [0.15, 0.2) is 0 Å². The zero-order chi connectivity index (χ0) is 20.6. The zero-order valence-electron chi connectivity index (χ0n) is 16.2. The van der Waals surface area contributed by atoms with Crippen molar-refractivity contribution in [3.8, 4) is 11.1 Å². The Balaban J connectivity index is 2.43. The van der Waals surface area contributed by atoms with E-state index < -0.39 is 11.6 Å². The van der Waals surface area contributed by atoms with Crippen molar-refractivity contribution in [2.45, 2.75) is 33.7 Å². The van der Waals surface area contributed by atoms with E-state index in [9.17, 15) is 8.78 Å². The highest BCUT2D eigenvalue weighted by atomic mass is 35.5. The number of fused-ring (bicyclic) bond motifs is 1. The number of rotatable bonds is 6. The van der Waals surface area contributed by atoms with Gasteiger partial charge < -0.3 is 4.90 Å². The molecular weight excluding hydrogens is 384 g/mol. The molecule has 0 amide bonds. The highest BCUT2D eigenvalue weighted by molar-refractivity contribution is 6.33. The highest BCUT2D eigenvalue weighted by Gasteiger charge is 2.28. The van der Waals surface area contributed by atoms with Crippen molar-refractivity contribution < 1.29 is 8.78 Å². The minimum atomic E-state index is -0.710. The van der Waals surface area contributed by atoms with Crippen molar-refractivity contribution >= 4 is 23.2 Å². The molecule has 1 aromatic carbocycles. The van der Waals surface area contributed by atoms with Gasteiger partial charge in [0.1, 0.15) is 28.9 Å². The predicted octanol–water partition coefficient (Wildman–Crippen LogP) is 5.07. The third-order valence-electron chi connectivity index (χ3n) is 4.91. The maximum atomic E-state index is 14.9. The van der Waals surface area contributed by atoms with Crippen LogP contribution in [-0.2, 0) is 0 Å². The van der Waals surface area contributed by atoms with Gasteiger partial charge in [-0.3, -0.25) is 0 Å². The van der Waals surface area contributed by atoms with Crippen LogP contribution in [0.2, 0.25) is 5.15 Å². The van der Waals surface area contributed by atoms with E-state index in [0.29, 0.717) is 29.3 Å². The normalized spacial score (nSPS) is 12.6. The highest BCUT2D eigenvalue weighted by Crippen LogP contribution is 2.40. The molecule has 5 nitrogen and oxygen atoms in total. The van der Waals surface area contributed by atoms with Crippen LogP contribution in [0.4, 0.5) is 14.6 Å². The molecule has 0 fully saturated rings. The molecule has 148 valence electrons. The van der Waals surface area contributed by atoms with Gasteiger partial charge in [-0.15, -0.1) is 6.58 Å². The molecular formula is C20H22ClF2N5. The molecule has 0 saturated carbocycles.